The molecule has 0 amide bonds. The first-order valence-corrected chi connectivity index (χ1v) is 4.19. The molecule has 4 nitrogen and oxygen atoms in total. The fraction of sp³-hybridized carbons (Fsp3) is 0.875. The number of morpholine rings is 1. The van der Waals surface area contributed by atoms with Crippen LogP contribution in [0, 0.1) is 0 Å². The predicted molar refractivity (Wildman–Crippen MR) is 44.1 cm³/mol. The minimum absolute atomic E-state index is 0.399. The molecule has 1 heterocycles. The summed E-state index contributed by atoms with van der Waals surface area (Å²) in [6, 6.07) is 0.399. The van der Waals surface area contributed by atoms with Gasteiger partial charge in [-0.3, -0.25) is 4.90 Å². The average Bonchev–Trinajstić information content (AvgIpc) is 2.04. The molecule has 0 aromatic rings. The second-order valence-corrected chi connectivity index (χ2v) is 3.29. The second kappa shape index (κ2) is 3.87. The molecule has 1 fully saturated rings. The van der Waals surface area contributed by atoms with E-state index in [0.29, 0.717) is 19.2 Å². The third-order valence-electron chi connectivity index (χ3n) is 2.10. The van der Waals surface area contributed by atoms with E-state index in [1.807, 2.05) is 0 Å². The number of aliphatic carboxylic acids is 1. The smallest absolute Gasteiger partial charge is 0.334 e. The molecule has 1 saturated heterocycles. The third-order valence-corrected chi connectivity index (χ3v) is 2.10. The maximum Gasteiger partial charge on any atom is 0.334 e. The summed E-state index contributed by atoms with van der Waals surface area (Å²) in [5, 5.41) is 8.69. The number of carboxylic acids is 1. The first-order valence-electron chi connectivity index (χ1n) is 4.19. The van der Waals surface area contributed by atoms with Crippen LogP contribution in [0.1, 0.15) is 13.8 Å². The molecule has 0 aromatic carbocycles. The summed E-state index contributed by atoms with van der Waals surface area (Å²) in [6.07, 6.45) is -0.638. The van der Waals surface area contributed by atoms with E-state index in [0.717, 1.165) is 6.54 Å². The average molecular weight is 173 g/mol. The first-order chi connectivity index (χ1) is 5.61. The van der Waals surface area contributed by atoms with Crippen LogP contribution in [0.25, 0.3) is 0 Å². The molecule has 0 aliphatic carbocycles. The molecule has 1 N–H and O–H groups in total. The quantitative estimate of drug-likeness (QED) is 0.647. The van der Waals surface area contributed by atoms with E-state index < -0.39 is 12.1 Å². The zero-order valence-electron chi connectivity index (χ0n) is 7.49. The van der Waals surface area contributed by atoms with Gasteiger partial charge < -0.3 is 9.84 Å². The summed E-state index contributed by atoms with van der Waals surface area (Å²) in [5.74, 6) is -0.861. The van der Waals surface area contributed by atoms with Crippen molar-refractivity contribution >= 4 is 5.97 Å². The molecule has 70 valence electrons. The molecule has 0 spiro atoms. The van der Waals surface area contributed by atoms with Crippen molar-refractivity contribution in [3.63, 3.8) is 0 Å². The summed E-state index contributed by atoms with van der Waals surface area (Å²) in [6.45, 7) is 5.98. The van der Waals surface area contributed by atoms with Crippen LogP contribution in [0.3, 0.4) is 0 Å². The van der Waals surface area contributed by atoms with Gasteiger partial charge in [-0.05, 0) is 13.8 Å². The van der Waals surface area contributed by atoms with E-state index in [2.05, 4.69) is 18.7 Å². The topological polar surface area (TPSA) is 49.8 Å². The summed E-state index contributed by atoms with van der Waals surface area (Å²) in [5.41, 5.74) is 0. The van der Waals surface area contributed by atoms with Crippen LogP contribution >= 0.6 is 0 Å². The van der Waals surface area contributed by atoms with E-state index >= 15 is 0 Å². The zero-order chi connectivity index (χ0) is 9.14. The van der Waals surface area contributed by atoms with Gasteiger partial charge in [-0.25, -0.2) is 4.79 Å². The minimum Gasteiger partial charge on any atom is -0.479 e. The van der Waals surface area contributed by atoms with Crippen molar-refractivity contribution in [2.45, 2.75) is 26.0 Å². The fourth-order valence-electron chi connectivity index (χ4n) is 1.29. The lowest BCUT2D eigenvalue weighted by molar-refractivity contribution is -0.156. The molecule has 1 aliphatic heterocycles. The van der Waals surface area contributed by atoms with Gasteiger partial charge in [0.05, 0.1) is 6.61 Å². The van der Waals surface area contributed by atoms with E-state index in [9.17, 15) is 4.79 Å². The summed E-state index contributed by atoms with van der Waals surface area (Å²) in [7, 11) is 0. The van der Waals surface area contributed by atoms with E-state index in [4.69, 9.17) is 9.84 Å². The Balaban J connectivity index is 2.46. The van der Waals surface area contributed by atoms with Gasteiger partial charge in [0.15, 0.2) is 6.10 Å². The highest BCUT2D eigenvalue weighted by Crippen LogP contribution is 2.08. The number of carbonyl (C=O) groups is 1. The third kappa shape index (κ3) is 2.19. The van der Waals surface area contributed by atoms with Gasteiger partial charge >= 0.3 is 5.97 Å². The van der Waals surface area contributed by atoms with Crippen LogP contribution in [-0.4, -0.2) is 47.8 Å². The van der Waals surface area contributed by atoms with E-state index in [-0.39, 0.29) is 0 Å². The maximum absolute atomic E-state index is 10.6. The Morgan fingerprint density at radius 2 is 2.33 bits per heavy atom. The van der Waals surface area contributed by atoms with Crippen molar-refractivity contribution in [3.05, 3.63) is 0 Å². The lowest BCUT2D eigenvalue weighted by atomic mass is 10.2. The molecule has 1 unspecified atom stereocenters. The minimum atomic E-state index is -0.861. The monoisotopic (exact) mass is 173 g/mol. The number of ether oxygens (including phenoxy) is 1. The Morgan fingerprint density at radius 3 is 2.83 bits per heavy atom. The first kappa shape index (κ1) is 9.48. The summed E-state index contributed by atoms with van der Waals surface area (Å²) in [4.78, 5) is 12.7. The van der Waals surface area contributed by atoms with Gasteiger partial charge in [0.1, 0.15) is 0 Å². The van der Waals surface area contributed by atoms with Gasteiger partial charge in [-0.1, -0.05) is 0 Å². The Morgan fingerprint density at radius 1 is 1.67 bits per heavy atom. The van der Waals surface area contributed by atoms with Crippen molar-refractivity contribution in [3.8, 4) is 0 Å². The molecular formula is C8H15NO3. The van der Waals surface area contributed by atoms with Crippen LogP contribution in [0.5, 0.6) is 0 Å². The van der Waals surface area contributed by atoms with Crippen LogP contribution in [-0.2, 0) is 9.53 Å². The number of nitrogens with zero attached hydrogens (tertiary/aromatic N) is 1. The predicted octanol–water partition coefficient (Wildman–Crippen LogP) is 0.180. The Bertz CT molecular complexity index is 170. The molecule has 1 atom stereocenters. The Kier molecular flexibility index (Phi) is 3.05. The van der Waals surface area contributed by atoms with Crippen molar-refractivity contribution in [1.82, 2.24) is 4.90 Å². The highest BCUT2D eigenvalue weighted by atomic mass is 16.5. The molecule has 0 radical (unpaired) electrons. The van der Waals surface area contributed by atoms with Gasteiger partial charge in [0.25, 0.3) is 0 Å². The molecule has 0 aromatic heterocycles. The van der Waals surface area contributed by atoms with Gasteiger partial charge in [-0.15, -0.1) is 0 Å². The van der Waals surface area contributed by atoms with Crippen LogP contribution < -0.4 is 0 Å². The van der Waals surface area contributed by atoms with Crippen LogP contribution in [0.2, 0.25) is 0 Å². The van der Waals surface area contributed by atoms with Gasteiger partial charge in [-0.2, -0.15) is 0 Å². The molecule has 12 heavy (non-hydrogen) atoms. The SMILES string of the molecule is CC(C)N1CCOC(C(=O)O)C1. The molecule has 1 rings (SSSR count). The number of rotatable bonds is 2. The maximum atomic E-state index is 10.6. The Labute approximate surface area is 72.1 Å². The van der Waals surface area contributed by atoms with Crippen molar-refractivity contribution in [2.24, 2.45) is 0 Å². The lowest BCUT2D eigenvalue weighted by Crippen LogP contribution is -2.48. The highest BCUT2D eigenvalue weighted by molar-refractivity contribution is 5.72. The van der Waals surface area contributed by atoms with Crippen LogP contribution in [0.4, 0.5) is 0 Å². The van der Waals surface area contributed by atoms with Gasteiger partial charge in [0, 0.05) is 19.1 Å². The molecular weight excluding hydrogens is 158 g/mol. The zero-order valence-corrected chi connectivity index (χ0v) is 7.49. The van der Waals surface area contributed by atoms with E-state index in [1.54, 1.807) is 0 Å². The Hall–Kier alpha value is -0.610. The molecule has 0 bridgehead atoms. The standard InChI is InChI=1S/C8H15NO3/c1-6(2)9-3-4-12-7(5-9)8(10)11/h6-7H,3-5H2,1-2H3,(H,10,11). The normalized spacial score (nSPS) is 26.1. The lowest BCUT2D eigenvalue weighted by Gasteiger charge is -2.33. The second-order valence-electron chi connectivity index (χ2n) is 3.29. The van der Waals surface area contributed by atoms with Crippen molar-refractivity contribution in [1.29, 1.82) is 0 Å². The fourth-order valence-corrected chi connectivity index (χ4v) is 1.29. The number of hydrogen-bond acceptors (Lipinski definition) is 3. The summed E-state index contributed by atoms with van der Waals surface area (Å²) >= 11 is 0. The summed E-state index contributed by atoms with van der Waals surface area (Å²) < 4.78 is 5.08. The van der Waals surface area contributed by atoms with Crippen molar-refractivity contribution in [2.75, 3.05) is 19.7 Å². The van der Waals surface area contributed by atoms with E-state index in [1.165, 1.54) is 0 Å². The largest absolute Gasteiger partial charge is 0.479 e. The highest BCUT2D eigenvalue weighted by Gasteiger charge is 2.26. The molecule has 0 saturated carbocycles. The molecule has 4 heteroatoms. The van der Waals surface area contributed by atoms with Crippen LogP contribution in [0.15, 0.2) is 0 Å². The molecule has 1 aliphatic rings. The van der Waals surface area contributed by atoms with Gasteiger partial charge in [0.2, 0.25) is 0 Å². The van der Waals surface area contributed by atoms with Crippen molar-refractivity contribution < 1.29 is 14.6 Å². The number of carboxylic acid groups (broad SMARTS) is 1. The number of hydrogen-bond donors (Lipinski definition) is 1.